The molecule has 128 valence electrons. The van der Waals surface area contributed by atoms with E-state index in [4.69, 9.17) is 9.52 Å². The van der Waals surface area contributed by atoms with Gasteiger partial charge in [-0.3, -0.25) is 0 Å². The number of benzene rings is 2. The van der Waals surface area contributed by atoms with Gasteiger partial charge in [-0.15, -0.1) is 0 Å². The summed E-state index contributed by atoms with van der Waals surface area (Å²) in [5, 5.41) is 9.13. The van der Waals surface area contributed by atoms with Gasteiger partial charge in [-0.1, -0.05) is 42.5 Å². The van der Waals surface area contributed by atoms with E-state index >= 15 is 0 Å². The third-order valence-electron chi connectivity index (χ3n) is 4.20. The average Bonchev–Trinajstić information content (AvgIpc) is 3.33. The summed E-state index contributed by atoms with van der Waals surface area (Å²) in [6.45, 7) is 0.544. The summed E-state index contributed by atoms with van der Waals surface area (Å²) in [5.41, 5.74) is 3.93. The minimum Gasteiger partial charge on any atom is -0.478 e. The van der Waals surface area contributed by atoms with E-state index in [2.05, 4.69) is 4.98 Å². The summed E-state index contributed by atoms with van der Waals surface area (Å²) < 4.78 is 7.48. The third-order valence-corrected chi connectivity index (χ3v) is 4.20. The molecule has 0 atom stereocenters. The van der Waals surface area contributed by atoms with E-state index in [9.17, 15) is 4.79 Å². The smallest absolute Gasteiger partial charge is 0.335 e. The first kappa shape index (κ1) is 15.9. The van der Waals surface area contributed by atoms with Gasteiger partial charge >= 0.3 is 5.97 Å². The maximum atomic E-state index is 11.1. The normalized spacial score (nSPS) is 10.8. The highest BCUT2D eigenvalue weighted by atomic mass is 16.4. The Hall–Kier alpha value is -3.60. The summed E-state index contributed by atoms with van der Waals surface area (Å²) in [6, 6.07) is 20.5. The lowest BCUT2D eigenvalue weighted by Crippen LogP contribution is -2.01. The van der Waals surface area contributed by atoms with Crippen molar-refractivity contribution in [2.45, 2.75) is 6.54 Å². The quantitative estimate of drug-likeness (QED) is 0.576. The molecule has 0 spiro atoms. The van der Waals surface area contributed by atoms with Gasteiger partial charge in [0.05, 0.1) is 36.1 Å². The van der Waals surface area contributed by atoms with E-state index in [-0.39, 0.29) is 5.56 Å². The lowest BCUT2D eigenvalue weighted by Gasteiger charge is -2.10. The second kappa shape index (κ2) is 6.72. The summed E-state index contributed by atoms with van der Waals surface area (Å²) in [6.07, 6.45) is 3.43. The van der Waals surface area contributed by atoms with Crippen molar-refractivity contribution < 1.29 is 14.3 Å². The standard InChI is InChI=1S/C21H16N2O3/c24-21(25)17-10-8-16(9-11-17)20-19(15-5-2-1-3-6-15)22-14-23(20)13-18-7-4-12-26-18/h1-12,14H,13H2,(H,24,25). The maximum absolute atomic E-state index is 11.1. The van der Waals surface area contributed by atoms with Gasteiger partial charge in [0.25, 0.3) is 0 Å². The van der Waals surface area contributed by atoms with Crippen LogP contribution in [0.5, 0.6) is 0 Å². The molecule has 5 nitrogen and oxygen atoms in total. The number of carbonyl (C=O) groups is 1. The second-order valence-corrected chi connectivity index (χ2v) is 5.90. The predicted molar refractivity (Wildman–Crippen MR) is 97.9 cm³/mol. The summed E-state index contributed by atoms with van der Waals surface area (Å²) in [5.74, 6) is -0.116. The molecule has 0 aliphatic heterocycles. The van der Waals surface area contributed by atoms with Crippen LogP contribution >= 0.6 is 0 Å². The number of aromatic carboxylic acids is 1. The molecular weight excluding hydrogens is 328 g/mol. The minimum absolute atomic E-state index is 0.257. The van der Waals surface area contributed by atoms with Crippen molar-refractivity contribution in [3.05, 3.63) is 90.6 Å². The number of furan rings is 1. The van der Waals surface area contributed by atoms with Gasteiger partial charge in [-0.2, -0.15) is 0 Å². The van der Waals surface area contributed by atoms with Gasteiger partial charge in [0.15, 0.2) is 0 Å². The van der Waals surface area contributed by atoms with E-state index in [1.54, 1.807) is 24.7 Å². The SMILES string of the molecule is O=C(O)c1ccc(-c2c(-c3ccccc3)ncn2Cc2ccco2)cc1. The fourth-order valence-corrected chi connectivity index (χ4v) is 2.95. The lowest BCUT2D eigenvalue weighted by atomic mass is 10.0. The van der Waals surface area contributed by atoms with Crippen LogP contribution in [0.3, 0.4) is 0 Å². The molecule has 26 heavy (non-hydrogen) atoms. The fourth-order valence-electron chi connectivity index (χ4n) is 2.95. The van der Waals surface area contributed by atoms with Crippen molar-refractivity contribution in [3.8, 4) is 22.5 Å². The predicted octanol–water partition coefficient (Wildman–Crippen LogP) is 4.56. The summed E-state index contributed by atoms with van der Waals surface area (Å²) in [7, 11) is 0. The van der Waals surface area contributed by atoms with Crippen LogP contribution in [0.1, 0.15) is 16.1 Å². The van der Waals surface area contributed by atoms with E-state index in [1.807, 2.05) is 59.2 Å². The number of hydrogen-bond donors (Lipinski definition) is 1. The van der Waals surface area contributed by atoms with Gasteiger partial charge in [0.2, 0.25) is 0 Å². The number of carboxylic acids is 1. The van der Waals surface area contributed by atoms with Gasteiger partial charge in [-0.25, -0.2) is 9.78 Å². The third kappa shape index (κ3) is 3.02. The van der Waals surface area contributed by atoms with Crippen LogP contribution in [0.2, 0.25) is 0 Å². The van der Waals surface area contributed by atoms with E-state index in [0.717, 1.165) is 28.3 Å². The molecule has 0 saturated heterocycles. The van der Waals surface area contributed by atoms with Gasteiger partial charge in [-0.05, 0) is 24.3 Å². The zero-order valence-corrected chi connectivity index (χ0v) is 13.9. The van der Waals surface area contributed by atoms with Crippen molar-refractivity contribution >= 4 is 5.97 Å². The Morgan fingerprint density at radius 2 is 1.73 bits per heavy atom. The van der Waals surface area contributed by atoms with Crippen molar-refractivity contribution in [2.24, 2.45) is 0 Å². The molecule has 0 bridgehead atoms. The Kier molecular flexibility index (Phi) is 4.11. The van der Waals surface area contributed by atoms with Crippen molar-refractivity contribution in [3.63, 3.8) is 0 Å². The van der Waals surface area contributed by atoms with Crippen LogP contribution in [0, 0.1) is 0 Å². The molecular formula is C21H16N2O3. The number of nitrogens with zero attached hydrogens (tertiary/aromatic N) is 2. The first-order chi connectivity index (χ1) is 12.7. The Morgan fingerprint density at radius 3 is 2.38 bits per heavy atom. The van der Waals surface area contributed by atoms with Crippen molar-refractivity contribution in [1.82, 2.24) is 9.55 Å². The number of imidazole rings is 1. The highest BCUT2D eigenvalue weighted by Crippen LogP contribution is 2.32. The van der Waals surface area contributed by atoms with Crippen LogP contribution in [0.4, 0.5) is 0 Å². The monoisotopic (exact) mass is 344 g/mol. The Labute approximate surface area is 150 Å². The van der Waals surface area contributed by atoms with Crippen molar-refractivity contribution in [1.29, 1.82) is 0 Å². The molecule has 0 fully saturated rings. The first-order valence-electron chi connectivity index (χ1n) is 8.19. The lowest BCUT2D eigenvalue weighted by molar-refractivity contribution is 0.0697. The first-order valence-corrected chi connectivity index (χ1v) is 8.19. The molecule has 0 amide bonds. The Balaban J connectivity index is 1.83. The van der Waals surface area contributed by atoms with Crippen LogP contribution in [0.15, 0.2) is 83.7 Å². The molecule has 0 unspecified atom stereocenters. The van der Waals surface area contributed by atoms with Crippen LogP contribution in [0.25, 0.3) is 22.5 Å². The molecule has 0 saturated carbocycles. The Morgan fingerprint density at radius 1 is 0.962 bits per heavy atom. The summed E-state index contributed by atoms with van der Waals surface area (Å²) >= 11 is 0. The molecule has 2 aromatic carbocycles. The molecule has 4 rings (SSSR count). The molecule has 1 N–H and O–H groups in total. The average molecular weight is 344 g/mol. The van der Waals surface area contributed by atoms with Gasteiger partial charge in [0, 0.05) is 11.1 Å². The number of carboxylic acid groups (broad SMARTS) is 1. The summed E-state index contributed by atoms with van der Waals surface area (Å²) in [4.78, 5) is 15.7. The maximum Gasteiger partial charge on any atom is 0.335 e. The minimum atomic E-state index is -0.941. The number of rotatable bonds is 5. The zero-order chi connectivity index (χ0) is 17.9. The molecule has 0 radical (unpaired) electrons. The molecule has 2 heterocycles. The Bertz CT molecular complexity index is 1020. The highest BCUT2D eigenvalue weighted by Gasteiger charge is 2.16. The van der Waals surface area contributed by atoms with Gasteiger partial charge in [0.1, 0.15) is 5.76 Å². The molecule has 5 heteroatoms. The topological polar surface area (TPSA) is 68.3 Å². The van der Waals surface area contributed by atoms with Gasteiger partial charge < -0.3 is 14.1 Å². The van der Waals surface area contributed by atoms with E-state index in [1.165, 1.54) is 0 Å². The highest BCUT2D eigenvalue weighted by molar-refractivity contribution is 5.89. The van der Waals surface area contributed by atoms with Crippen LogP contribution in [-0.4, -0.2) is 20.6 Å². The number of hydrogen-bond acceptors (Lipinski definition) is 3. The molecule has 0 aliphatic rings. The van der Waals surface area contributed by atoms with Crippen LogP contribution < -0.4 is 0 Å². The number of aromatic nitrogens is 2. The van der Waals surface area contributed by atoms with E-state index < -0.39 is 5.97 Å². The fraction of sp³-hybridized carbons (Fsp3) is 0.0476. The zero-order valence-electron chi connectivity index (χ0n) is 13.9. The molecule has 0 aliphatic carbocycles. The molecule has 4 aromatic rings. The second-order valence-electron chi connectivity index (χ2n) is 5.90. The van der Waals surface area contributed by atoms with Crippen LogP contribution in [-0.2, 0) is 6.54 Å². The van der Waals surface area contributed by atoms with E-state index in [0.29, 0.717) is 6.54 Å². The largest absolute Gasteiger partial charge is 0.478 e. The van der Waals surface area contributed by atoms with Crippen molar-refractivity contribution in [2.75, 3.05) is 0 Å². The molecule has 2 aromatic heterocycles.